The zero-order chi connectivity index (χ0) is 21.5. The third-order valence-corrected chi connectivity index (χ3v) is 4.49. The van der Waals surface area contributed by atoms with E-state index in [0.29, 0.717) is 0 Å². The summed E-state index contributed by atoms with van der Waals surface area (Å²) < 4.78 is 21.6. The van der Waals surface area contributed by atoms with Gasteiger partial charge in [-0.25, -0.2) is 9.55 Å². The summed E-state index contributed by atoms with van der Waals surface area (Å²) in [5.74, 6) is -2.22. The van der Waals surface area contributed by atoms with E-state index in [1.165, 1.54) is 0 Å². The molecule has 0 saturated carbocycles. The van der Waals surface area contributed by atoms with E-state index in [4.69, 9.17) is 14.5 Å². The van der Waals surface area contributed by atoms with Gasteiger partial charge < -0.3 is 24.7 Å². The molecule has 0 aliphatic carbocycles. The number of ketones is 1. The van der Waals surface area contributed by atoms with Crippen molar-refractivity contribution in [2.75, 3.05) is 11.9 Å². The maximum atomic E-state index is 12.1. The van der Waals surface area contributed by atoms with Crippen LogP contribution >= 0.6 is 7.82 Å². The van der Waals surface area contributed by atoms with E-state index < -0.39 is 56.2 Å². The molecule has 0 unspecified atom stereocenters. The summed E-state index contributed by atoms with van der Waals surface area (Å²) in [6.07, 6.45) is -4.74. The Morgan fingerprint density at radius 3 is 2.69 bits per heavy atom. The lowest BCUT2D eigenvalue weighted by Crippen LogP contribution is -2.33. The minimum atomic E-state index is -4.84. The van der Waals surface area contributed by atoms with Gasteiger partial charge in [0.1, 0.15) is 18.3 Å². The summed E-state index contributed by atoms with van der Waals surface area (Å²) in [5.41, 5.74) is -1.10. The number of phosphoric ester groups is 1. The molecular formula is C13H16N5O10P. The third kappa shape index (κ3) is 4.40. The molecule has 16 heteroatoms. The number of carbonyl (C=O) groups is 2. The van der Waals surface area contributed by atoms with Gasteiger partial charge in [0.2, 0.25) is 11.7 Å². The molecule has 15 nitrogen and oxygen atoms in total. The molecule has 2 aromatic rings. The molecule has 6 N–H and O–H groups in total. The van der Waals surface area contributed by atoms with Crippen molar-refractivity contribution < 1.29 is 43.4 Å². The van der Waals surface area contributed by atoms with E-state index in [9.17, 15) is 29.2 Å². The Hall–Kier alpha value is -2.52. The second kappa shape index (κ2) is 7.72. The Labute approximate surface area is 160 Å². The molecule has 1 saturated heterocycles. The quantitative estimate of drug-likeness (QED) is 0.203. The number of aromatic amines is 1. The van der Waals surface area contributed by atoms with Crippen molar-refractivity contribution in [3.05, 3.63) is 16.7 Å². The summed E-state index contributed by atoms with van der Waals surface area (Å²) in [5, 5.41) is 22.4. The number of imidazole rings is 1. The van der Waals surface area contributed by atoms with Gasteiger partial charge in [0.05, 0.1) is 12.9 Å². The number of Topliss-reactive ketones (excluding diaryl/α,β-unsaturated/α-hetero) is 1. The largest absolute Gasteiger partial charge is 0.469 e. The van der Waals surface area contributed by atoms with Crippen LogP contribution in [0.15, 0.2) is 11.1 Å². The Morgan fingerprint density at radius 1 is 1.38 bits per heavy atom. The fraction of sp³-hybridized carbons (Fsp3) is 0.462. The molecule has 1 aliphatic rings. The van der Waals surface area contributed by atoms with Crippen molar-refractivity contribution in [2.24, 2.45) is 0 Å². The lowest BCUT2D eigenvalue weighted by molar-refractivity contribution is -0.133. The van der Waals surface area contributed by atoms with Crippen LogP contribution in [0.5, 0.6) is 0 Å². The van der Waals surface area contributed by atoms with E-state index >= 15 is 0 Å². The minimum Gasteiger partial charge on any atom is -0.387 e. The first-order chi connectivity index (χ1) is 13.5. The predicted molar refractivity (Wildman–Crippen MR) is 91.4 cm³/mol. The fourth-order valence-corrected chi connectivity index (χ4v) is 2.98. The van der Waals surface area contributed by atoms with Gasteiger partial charge >= 0.3 is 7.82 Å². The summed E-state index contributed by atoms with van der Waals surface area (Å²) in [4.78, 5) is 62.3. The van der Waals surface area contributed by atoms with Crippen LogP contribution in [0.4, 0.5) is 5.95 Å². The van der Waals surface area contributed by atoms with Crippen molar-refractivity contribution in [2.45, 2.75) is 31.5 Å². The lowest BCUT2D eigenvalue weighted by Gasteiger charge is -2.16. The number of carbonyl (C=O) groups excluding carboxylic acids is 2. The summed E-state index contributed by atoms with van der Waals surface area (Å²) >= 11 is 0. The number of rotatable bonds is 6. The normalized spacial score (nSPS) is 24.7. The van der Waals surface area contributed by atoms with Crippen molar-refractivity contribution in [3.8, 4) is 0 Å². The molecule has 2 aromatic heterocycles. The maximum absolute atomic E-state index is 12.1. The highest BCUT2D eigenvalue weighted by molar-refractivity contribution is 7.46. The van der Waals surface area contributed by atoms with Crippen LogP contribution in [0.3, 0.4) is 0 Å². The van der Waals surface area contributed by atoms with Crippen molar-refractivity contribution >= 4 is 36.6 Å². The van der Waals surface area contributed by atoms with Crippen LogP contribution in [0.25, 0.3) is 11.2 Å². The zero-order valence-corrected chi connectivity index (χ0v) is 15.5. The number of fused-ring (bicyclic) bond motifs is 1. The Morgan fingerprint density at radius 2 is 2.07 bits per heavy atom. The molecule has 4 atom stereocenters. The molecule has 3 heterocycles. The molecular weight excluding hydrogens is 417 g/mol. The first-order valence-corrected chi connectivity index (χ1v) is 9.51. The average Bonchev–Trinajstić information content (AvgIpc) is 3.15. The number of phosphoric acid groups is 1. The number of nitrogens with zero attached hydrogens (tertiary/aromatic N) is 3. The van der Waals surface area contributed by atoms with Gasteiger partial charge in [-0.3, -0.25) is 33.8 Å². The Kier molecular flexibility index (Phi) is 5.64. The van der Waals surface area contributed by atoms with Crippen LogP contribution in [0, 0.1) is 0 Å². The Balaban J connectivity index is 1.92. The van der Waals surface area contributed by atoms with Crippen molar-refractivity contribution in [3.63, 3.8) is 0 Å². The molecule has 1 amide bonds. The van der Waals surface area contributed by atoms with E-state index in [2.05, 4.69) is 24.8 Å². The van der Waals surface area contributed by atoms with Crippen molar-refractivity contribution in [1.29, 1.82) is 0 Å². The van der Waals surface area contributed by atoms with E-state index in [-0.39, 0.29) is 17.1 Å². The molecule has 158 valence electrons. The number of H-pyrrole nitrogens is 1. The SMILES string of the molecule is CC(=O)C(=O)Nc1nc2c(ncn2[C@@H]2O[C@H](COP(=O)(O)O)[C@@H](O)[C@H]2O)c(=O)[nH]1. The number of ether oxygens (including phenoxy) is 1. The van der Waals surface area contributed by atoms with Crippen LogP contribution in [-0.2, 0) is 23.4 Å². The molecule has 0 radical (unpaired) electrons. The lowest BCUT2D eigenvalue weighted by atomic mass is 10.1. The molecule has 0 aromatic carbocycles. The van der Waals surface area contributed by atoms with Gasteiger partial charge in [0.15, 0.2) is 17.4 Å². The van der Waals surface area contributed by atoms with Crippen LogP contribution in [-0.4, -0.2) is 76.1 Å². The molecule has 29 heavy (non-hydrogen) atoms. The van der Waals surface area contributed by atoms with E-state index in [0.717, 1.165) is 17.8 Å². The minimum absolute atomic E-state index is 0.152. The monoisotopic (exact) mass is 433 g/mol. The molecule has 0 spiro atoms. The van der Waals surface area contributed by atoms with Crippen molar-refractivity contribution in [1.82, 2.24) is 19.5 Å². The highest BCUT2D eigenvalue weighted by Crippen LogP contribution is 2.38. The van der Waals surface area contributed by atoms with Gasteiger partial charge in [0.25, 0.3) is 11.5 Å². The number of aliphatic hydroxyl groups excluding tert-OH is 2. The predicted octanol–water partition coefficient (Wildman–Crippen LogP) is -2.62. The van der Waals surface area contributed by atoms with Gasteiger partial charge in [-0.1, -0.05) is 0 Å². The first kappa shape index (κ1) is 21.2. The summed E-state index contributed by atoms with van der Waals surface area (Å²) in [6, 6.07) is 0. The molecule has 1 fully saturated rings. The summed E-state index contributed by atoms with van der Waals surface area (Å²) in [7, 11) is -4.84. The molecule has 0 bridgehead atoms. The smallest absolute Gasteiger partial charge is 0.387 e. The number of nitrogens with one attached hydrogen (secondary N) is 2. The standard InChI is InChI=1S/C13H16N5O10P/c1-4(19)10(22)16-13-15-9-6(11(23)17-13)14-3-18(9)12-8(21)7(20)5(28-12)2-27-29(24,25)26/h3,5,7-8,12,20-21H,2H2,1H3,(H2,24,25,26)(H2,15,16,17,22,23)/t5-,7-,8-,12-/m1/s1. The average molecular weight is 433 g/mol. The topological polar surface area (TPSA) is 226 Å². The number of amides is 1. The molecule has 1 aliphatic heterocycles. The number of hydrogen-bond acceptors (Lipinski definition) is 10. The number of aromatic nitrogens is 4. The van der Waals surface area contributed by atoms with Gasteiger partial charge in [-0.15, -0.1) is 0 Å². The first-order valence-electron chi connectivity index (χ1n) is 7.98. The van der Waals surface area contributed by atoms with E-state index in [1.54, 1.807) is 0 Å². The van der Waals surface area contributed by atoms with Crippen LogP contribution in [0.2, 0.25) is 0 Å². The second-order valence-electron chi connectivity index (χ2n) is 6.08. The third-order valence-electron chi connectivity index (χ3n) is 4.00. The fourth-order valence-electron chi connectivity index (χ4n) is 2.63. The van der Waals surface area contributed by atoms with Gasteiger partial charge in [-0.2, -0.15) is 4.98 Å². The van der Waals surface area contributed by atoms with Gasteiger partial charge in [0, 0.05) is 6.92 Å². The van der Waals surface area contributed by atoms with Gasteiger partial charge in [-0.05, 0) is 0 Å². The Bertz CT molecular complexity index is 1060. The number of hydrogen-bond donors (Lipinski definition) is 6. The summed E-state index contributed by atoms with van der Waals surface area (Å²) in [6.45, 7) is 0.291. The van der Waals surface area contributed by atoms with Crippen LogP contribution < -0.4 is 10.9 Å². The van der Waals surface area contributed by atoms with Crippen LogP contribution in [0.1, 0.15) is 13.2 Å². The number of anilines is 1. The van der Waals surface area contributed by atoms with E-state index in [1.807, 2.05) is 0 Å². The second-order valence-corrected chi connectivity index (χ2v) is 7.32. The number of aliphatic hydroxyl groups is 2. The maximum Gasteiger partial charge on any atom is 0.469 e. The highest BCUT2D eigenvalue weighted by Gasteiger charge is 2.45. The highest BCUT2D eigenvalue weighted by atomic mass is 31.2. The zero-order valence-electron chi connectivity index (χ0n) is 14.6. The molecule has 3 rings (SSSR count).